The van der Waals surface area contributed by atoms with Crippen LogP contribution in [-0.2, 0) is 12.8 Å². The van der Waals surface area contributed by atoms with E-state index in [-0.39, 0.29) is 6.04 Å². The molecule has 1 N–H and O–H groups in total. The molecule has 0 spiro atoms. The maximum absolute atomic E-state index is 13.8. The van der Waals surface area contributed by atoms with Crippen LogP contribution in [0.25, 0.3) is 0 Å². The predicted octanol–water partition coefficient (Wildman–Crippen LogP) is 3.78. The van der Waals surface area contributed by atoms with Crippen molar-refractivity contribution in [3.63, 3.8) is 0 Å². The zero-order valence-corrected chi connectivity index (χ0v) is 11.4. The summed E-state index contributed by atoms with van der Waals surface area (Å²) in [6, 6.07) is 12.3. The molecule has 3 rings (SSSR count). The molecular weight excluding hydrogens is 256 g/mol. The first-order valence-corrected chi connectivity index (χ1v) is 6.91. The van der Waals surface area contributed by atoms with E-state index in [0.717, 1.165) is 18.9 Å². The van der Waals surface area contributed by atoms with E-state index in [9.17, 15) is 8.78 Å². The van der Waals surface area contributed by atoms with Gasteiger partial charge >= 0.3 is 0 Å². The molecule has 104 valence electrons. The van der Waals surface area contributed by atoms with Gasteiger partial charge in [0.05, 0.1) is 0 Å². The van der Waals surface area contributed by atoms with Gasteiger partial charge in [-0.25, -0.2) is 8.78 Å². The lowest BCUT2D eigenvalue weighted by Crippen LogP contribution is -2.32. The van der Waals surface area contributed by atoms with Crippen LogP contribution < -0.4 is 5.32 Å². The minimum absolute atomic E-state index is 0.130. The third-order valence-electron chi connectivity index (χ3n) is 3.97. The van der Waals surface area contributed by atoms with E-state index in [0.29, 0.717) is 11.6 Å². The summed E-state index contributed by atoms with van der Waals surface area (Å²) in [7, 11) is 0. The highest BCUT2D eigenvalue weighted by atomic mass is 19.1. The molecule has 2 aromatic rings. The Balaban J connectivity index is 1.70. The van der Waals surface area contributed by atoms with Crippen molar-refractivity contribution >= 4 is 0 Å². The van der Waals surface area contributed by atoms with Crippen LogP contribution in [0.4, 0.5) is 8.78 Å². The second-order valence-corrected chi connectivity index (χ2v) is 5.43. The Labute approximate surface area is 117 Å². The molecule has 0 fully saturated rings. The smallest absolute Gasteiger partial charge is 0.130 e. The Morgan fingerprint density at radius 1 is 1.05 bits per heavy atom. The summed E-state index contributed by atoms with van der Waals surface area (Å²) in [6.45, 7) is 1.92. The largest absolute Gasteiger partial charge is 0.307 e. The van der Waals surface area contributed by atoms with Gasteiger partial charge in [0.1, 0.15) is 11.6 Å². The average molecular weight is 273 g/mol. The number of nitrogens with one attached hydrogen (secondary N) is 1. The third kappa shape index (κ3) is 2.59. The minimum atomic E-state index is -0.535. The fraction of sp³-hybridized carbons (Fsp3) is 0.294. The summed E-state index contributed by atoms with van der Waals surface area (Å²) in [5.41, 5.74) is 3.23. The first-order valence-electron chi connectivity index (χ1n) is 6.91. The minimum Gasteiger partial charge on any atom is -0.307 e. The molecule has 0 saturated heterocycles. The van der Waals surface area contributed by atoms with Crippen LogP contribution in [-0.4, -0.2) is 6.04 Å². The Morgan fingerprint density at radius 3 is 2.30 bits per heavy atom. The summed E-state index contributed by atoms with van der Waals surface area (Å²) in [5.74, 6) is -1.02. The number of benzene rings is 2. The molecule has 0 saturated carbocycles. The molecule has 1 aliphatic rings. The van der Waals surface area contributed by atoms with Crippen LogP contribution in [0, 0.1) is 11.6 Å². The normalized spacial score (nSPS) is 16.1. The van der Waals surface area contributed by atoms with E-state index in [1.54, 1.807) is 0 Å². The van der Waals surface area contributed by atoms with Crippen molar-refractivity contribution in [1.82, 2.24) is 5.32 Å². The third-order valence-corrected chi connectivity index (χ3v) is 3.97. The Hall–Kier alpha value is -1.74. The van der Waals surface area contributed by atoms with Crippen molar-refractivity contribution in [2.75, 3.05) is 0 Å². The summed E-state index contributed by atoms with van der Waals surface area (Å²) >= 11 is 0. The van der Waals surface area contributed by atoms with Crippen molar-refractivity contribution in [2.24, 2.45) is 0 Å². The molecule has 1 aliphatic carbocycles. The molecule has 0 amide bonds. The van der Waals surface area contributed by atoms with E-state index in [1.807, 2.05) is 19.1 Å². The number of hydrogen-bond donors (Lipinski definition) is 1. The van der Waals surface area contributed by atoms with Gasteiger partial charge in [-0.1, -0.05) is 30.3 Å². The zero-order chi connectivity index (χ0) is 14.1. The number of rotatable bonds is 3. The van der Waals surface area contributed by atoms with Crippen LogP contribution in [0.15, 0.2) is 42.5 Å². The molecule has 0 heterocycles. The number of fused-ring (bicyclic) bond motifs is 1. The molecule has 2 aromatic carbocycles. The van der Waals surface area contributed by atoms with Gasteiger partial charge in [0.15, 0.2) is 0 Å². The quantitative estimate of drug-likeness (QED) is 0.897. The van der Waals surface area contributed by atoms with Gasteiger partial charge in [-0.3, -0.25) is 0 Å². The van der Waals surface area contributed by atoms with Crippen molar-refractivity contribution in [2.45, 2.75) is 31.8 Å². The molecule has 0 bridgehead atoms. The number of hydrogen-bond acceptors (Lipinski definition) is 1. The predicted molar refractivity (Wildman–Crippen MR) is 75.5 cm³/mol. The first-order chi connectivity index (χ1) is 9.63. The highest BCUT2D eigenvalue weighted by Crippen LogP contribution is 2.25. The SMILES string of the molecule is CC(NC1Cc2ccccc2C1)c1ccc(F)cc1F. The standard InChI is InChI=1S/C17H17F2N/c1-11(16-7-6-14(18)10-17(16)19)20-15-8-12-4-2-3-5-13(12)9-15/h2-7,10-11,15,20H,8-9H2,1H3. The van der Waals surface area contributed by atoms with E-state index < -0.39 is 11.6 Å². The van der Waals surface area contributed by atoms with Gasteiger partial charge in [-0.15, -0.1) is 0 Å². The van der Waals surface area contributed by atoms with Crippen LogP contribution in [0.1, 0.15) is 29.7 Å². The number of halogens is 2. The van der Waals surface area contributed by atoms with Gasteiger partial charge < -0.3 is 5.32 Å². The molecule has 1 nitrogen and oxygen atoms in total. The van der Waals surface area contributed by atoms with E-state index in [2.05, 4.69) is 17.4 Å². The van der Waals surface area contributed by atoms with E-state index in [4.69, 9.17) is 0 Å². The second kappa shape index (κ2) is 5.33. The van der Waals surface area contributed by atoms with Gasteiger partial charge in [0.25, 0.3) is 0 Å². The lowest BCUT2D eigenvalue weighted by Gasteiger charge is -2.20. The Morgan fingerprint density at radius 2 is 1.70 bits per heavy atom. The Kier molecular flexibility index (Phi) is 3.53. The van der Waals surface area contributed by atoms with Crippen molar-refractivity contribution < 1.29 is 8.78 Å². The highest BCUT2D eigenvalue weighted by Gasteiger charge is 2.23. The maximum atomic E-state index is 13.8. The molecule has 3 heteroatoms. The van der Waals surface area contributed by atoms with Crippen LogP contribution in [0.3, 0.4) is 0 Å². The molecular formula is C17H17F2N. The highest BCUT2D eigenvalue weighted by molar-refractivity contribution is 5.33. The lowest BCUT2D eigenvalue weighted by molar-refractivity contribution is 0.450. The van der Waals surface area contributed by atoms with Gasteiger partial charge in [-0.2, -0.15) is 0 Å². The fourth-order valence-electron chi connectivity index (χ4n) is 2.97. The van der Waals surface area contributed by atoms with Crippen LogP contribution in [0.2, 0.25) is 0 Å². The summed E-state index contributed by atoms with van der Waals surface area (Å²) in [4.78, 5) is 0. The molecule has 0 aromatic heterocycles. The first kappa shape index (κ1) is 13.3. The van der Waals surface area contributed by atoms with E-state index in [1.165, 1.54) is 23.3 Å². The fourth-order valence-corrected chi connectivity index (χ4v) is 2.97. The lowest BCUT2D eigenvalue weighted by atomic mass is 10.1. The molecule has 1 unspecified atom stereocenters. The molecule has 1 atom stereocenters. The summed E-state index contributed by atoms with van der Waals surface area (Å²) in [6.07, 6.45) is 1.92. The van der Waals surface area contributed by atoms with Crippen molar-refractivity contribution in [3.8, 4) is 0 Å². The average Bonchev–Trinajstić information content (AvgIpc) is 2.80. The Bertz CT molecular complexity index is 599. The zero-order valence-electron chi connectivity index (χ0n) is 11.4. The molecule has 20 heavy (non-hydrogen) atoms. The molecule has 0 aliphatic heterocycles. The summed E-state index contributed by atoms with van der Waals surface area (Å²) in [5, 5.41) is 3.44. The summed E-state index contributed by atoms with van der Waals surface area (Å²) < 4.78 is 26.7. The van der Waals surface area contributed by atoms with Gasteiger partial charge in [0.2, 0.25) is 0 Å². The van der Waals surface area contributed by atoms with Crippen LogP contribution in [0.5, 0.6) is 0 Å². The maximum Gasteiger partial charge on any atom is 0.130 e. The van der Waals surface area contributed by atoms with Gasteiger partial charge in [-0.05, 0) is 37.0 Å². The monoisotopic (exact) mass is 273 g/mol. The topological polar surface area (TPSA) is 12.0 Å². The van der Waals surface area contributed by atoms with Crippen LogP contribution >= 0.6 is 0 Å². The second-order valence-electron chi connectivity index (χ2n) is 5.43. The van der Waals surface area contributed by atoms with Crippen molar-refractivity contribution in [1.29, 1.82) is 0 Å². The van der Waals surface area contributed by atoms with Crippen molar-refractivity contribution in [3.05, 3.63) is 70.8 Å². The molecule has 0 radical (unpaired) electrons. The van der Waals surface area contributed by atoms with Gasteiger partial charge in [0, 0.05) is 23.7 Å². The van der Waals surface area contributed by atoms with E-state index >= 15 is 0 Å².